The number of aromatic amines is 1. The lowest BCUT2D eigenvalue weighted by Gasteiger charge is -2.29. The summed E-state index contributed by atoms with van der Waals surface area (Å²) in [6.45, 7) is 0.0975. The maximum atomic E-state index is 14.2. The van der Waals surface area contributed by atoms with Gasteiger partial charge in [-0.25, -0.2) is 9.78 Å². The van der Waals surface area contributed by atoms with Gasteiger partial charge in [-0.05, 0) is 123 Å². The fourth-order valence-electron chi connectivity index (χ4n) is 7.77. The summed E-state index contributed by atoms with van der Waals surface area (Å²) in [6, 6.07) is 17.6. The average Bonchev–Trinajstić information content (AvgIpc) is 3.76. The molecule has 1 heterocycles. The van der Waals surface area contributed by atoms with Gasteiger partial charge in [-0.2, -0.15) is 22.7 Å². The third-order valence-corrected chi connectivity index (χ3v) is 11.5. The molecule has 3 aromatic carbocycles. The summed E-state index contributed by atoms with van der Waals surface area (Å²) in [7, 11) is 0. The molecular formula is C43H49F4N7O7. The van der Waals surface area contributed by atoms with Crippen LogP contribution in [-0.4, -0.2) is 91.6 Å². The van der Waals surface area contributed by atoms with E-state index in [1.54, 1.807) is 6.07 Å². The van der Waals surface area contributed by atoms with Gasteiger partial charge in [-0.1, -0.05) is 30.3 Å². The molecule has 326 valence electrons. The summed E-state index contributed by atoms with van der Waals surface area (Å²) in [5, 5.41) is 44.0. The lowest BCUT2D eigenvalue weighted by atomic mass is 9.81. The highest BCUT2D eigenvalue weighted by Gasteiger charge is 2.60. The minimum atomic E-state index is -4.84. The maximum Gasteiger partial charge on any atom is 0.404 e. The van der Waals surface area contributed by atoms with Gasteiger partial charge < -0.3 is 36.6 Å². The number of nitrogens with zero attached hydrogens (tertiary/aromatic N) is 2. The second-order valence-electron chi connectivity index (χ2n) is 15.9. The number of carbonyl (C=O) groups excluding carboxylic acids is 3. The molecule has 0 aliphatic heterocycles. The van der Waals surface area contributed by atoms with Gasteiger partial charge in [-0.3, -0.25) is 19.5 Å². The zero-order chi connectivity index (χ0) is 43.9. The molecule has 0 spiro atoms. The Kier molecular flexibility index (Phi) is 14.1. The number of H-pyrrole nitrogens is 1. The van der Waals surface area contributed by atoms with E-state index in [0.29, 0.717) is 50.6 Å². The van der Waals surface area contributed by atoms with Crippen molar-refractivity contribution in [1.82, 2.24) is 31.1 Å². The Balaban J connectivity index is 1.14. The molecule has 18 heteroatoms. The fourth-order valence-corrected chi connectivity index (χ4v) is 7.77. The first-order valence-corrected chi connectivity index (χ1v) is 20.2. The van der Waals surface area contributed by atoms with Gasteiger partial charge in [0.2, 0.25) is 17.6 Å². The van der Waals surface area contributed by atoms with Crippen LogP contribution in [0.5, 0.6) is 0 Å². The summed E-state index contributed by atoms with van der Waals surface area (Å²) in [4.78, 5) is 54.9. The monoisotopic (exact) mass is 851 g/mol. The number of halogens is 4. The van der Waals surface area contributed by atoms with Crippen LogP contribution in [0, 0.1) is 18.8 Å². The van der Waals surface area contributed by atoms with Crippen LogP contribution in [-0.2, 0) is 21.9 Å². The second kappa shape index (κ2) is 19.2. The predicted octanol–water partition coefficient (Wildman–Crippen LogP) is 5.94. The quantitative estimate of drug-likeness (QED) is 0.0663. The molecule has 2 saturated carbocycles. The molecule has 0 bridgehead atoms. The number of carboxylic acid groups (broad SMARTS) is 1. The van der Waals surface area contributed by atoms with Crippen molar-refractivity contribution < 1.29 is 52.1 Å². The number of hydrogen-bond acceptors (Lipinski definition) is 8. The number of rotatable bonds is 15. The molecule has 14 nitrogen and oxygen atoms in total. The lowest BCUT2D eigenvalue weighted by molar-refractivity contribution is -0.236. The highest BCUT2D eigenvalue weighted by Crippen LogP contribution is 2.41. The molecule has 8 N–H and O–H groups in total. The van der Waals surface area contributed by atoms with Crippen LogP contribution in [0.2, 0.25) is 0 Å². The van der Waals surface area contributed by atoms with E-state index >= 15 is 0 Å². The Morgan fingerprint density at radius 2 is 1.52 bits per heavy atom. The number of aliphatic hydroxyl groups excluding tert-OH is 2. The van der Waals surface area contributed by atoms with Crippen LogP contribution < -0.4 is 21.3 Å². The van der Waals surface area contributed by atoms with Crippen molar-refractivity contribution in [2.75, 3.05) is 18.5 Å². The first-order chi connectivity index (χ1) is 29.0. The summed E-state index contributed by atoms with van der Waals surface area (Å²) in [6.07, 6.45) is 3.75. The number of aliphatic hydroxyl groups is 2. The molecular weight excluding hydrogens is 803 g/mol. The topological polar surface area (TPSA) is 219 Å². The van der Waals surface area contributed by atoms with Crippen molar-refractivity contribution in [3.05, 3.63) is 89.2 Å². The molecule has 61 heavy (non-hydrogen) atoms. The van der Waals surface area contributed by atoms with Crippen LogP contribution in [0.15, 0.2) is 66.7 Å². The third kappa shape index (κ3) is 11.1. The predicted molar refractivity (Wildman–Crippen MR) is 216 cm³/mol. The van der Waals surface area contributed by atoms with E-state index in [9.17, 15) is 41.8 Å². The Labute approximate surface area is 348 Å². The highest BCUT2D eigenvalue weighted by atomic mass is 19.3. The van der Waals surface area contributed by atoms with Crippen LogP contribution in [0.4, 0.5) is 28.0 Å². The number of aryl methyl sites for hydroxylation is 1. The van der Waals surface area contributed by atoms with E-state index in [0.717, 1.165) is 35.1 Å². The van der Waals surface area contributed by atoms with Gasteiger partial charge in [0, 0.05) is 41.7 Å². The Hall–Kier alpha value is -5.88. The largest absolute Gasteiger partial charge is 0.465 e. The summed E-state index contributed by atoms with van der Waals surface area (Å²) < 4.78 is 55.8. The molecule has 4 amide bonds. The van der Waals surface area contributed by atoms with Gasteiger partial charge in [0.25, 0.3) is 5.91 Å². The average molecular weight is 852 g/mol. The molecule has 2 aliphatic rings. The van der Waals surface area contributed by atoms with Crippen LogP contribution in [0.25, 0.3) is 22.5 Å². The molecule has 2 aliphatic carbocycles. The summed E-state index contributed by atoms with van der Waals surface area (Å²) >= 11 is 0. The van der Waals surface area contributed by atoms with Crippen molar-refractivity contribution in [1.29, 1.82) is 0 Å². The van der Waals surface area contributed by atoms with Crippen molar-refractivity contribution in [3.63, 3.8) is 0 Å². The van der Waals surface area contributed by atoms with Crippen molar-refractivity contribution in [2.24, 2.45) is 11.8 Å². The van der Waals surface area contributed by atoms with E-state index in [2.05, 4.69) is 36.4 Å². The van der Waals surface area contributed by atoms with Gasteiger partial charge in [0.05, 0.1) is 6.10 Å². The molecule has 2 fully saturated rings. The number of alkyl halides is 4. The van der Waals surface area contributed by atoms with Crippen molar-refractivity contribution in [2.45, 2.75) is 94.7 Å². The van der Waals surface area contributed by atoms with Gasteiger partial charge in [0.1, 0.15) is 12.6 Å². The molecule has 0 saturated heterocycles. The van der Waals surface area contributed by atoms with Gasteiger partial charge >= 0.3 is 17.9 Å². The highest BCUT2D eigenvalue weighted by molar-refractivity contribution is 5.98. The Morgan fingerprint density at radius 1 is 0.869 bits per heavy atom. The van der Waals surface area contributed by atoms with Crippen molar-refractivity contribution in [3.8, 4) is 22.5 Å². The minimum Gasteiger partial charge on any atom is -0.465 e. The fraction of sp³-hybridized carbons (Fsp3) is 0.442. The SMILES string of the molecule is Cc1cc(C(=O)N[C@H]2CC[C@H](O)CC2)ccc1-c1ccc(C[C@H](NC(=O)C2CCC(CNC(=O)O)CC2)C(=O)Nc2ccc(-c3nc(C(F)(F)C(F)(F)CO)n[nH]3)cc2)cc1. The molecule has 4 aromatic rings. The van der Waals surface area contributed by atoms with E-state index in [-0.39, 0.29) is 53.4 Å². The summed E-state index contributed by atoms with van der Waals surface area (Å²) in [5.74, 6) is -12.7. The van der Waals surface area contributed by atoms with E-state index in [1.165, 1.54) is 24.3 Å². The van der Waals surface area contributed by atoms with E-state index in [1.807, 2.05) is 43.3 Å². The number of amides is 4. The number of anilines is 1. The first kappa shape index (κ1) is 44.7. The van der Waals surface area contributed by atoms with Gasteiger partial charge in [0.15, 0.2) is 5.82 Å². The number of aromatic nitrogens is 3. The zero-order valence-electron chi connectivity index (χ0n) is 33.4. The van der Waals surface area contributed by atoms with Crippen LogP contribution >= 0.6 is 0 Å². The number of hydrogen-bond donors (Lipinski definition) is 8. The minimum absolute atomic E-state index is 0.0214. The number of carbonyl (C=O) groups is 4. The number of benzene rings is 3. The van der Waals surface area contributed by atoms with Gasteiger partial charge in [-0.15, -0.1) is 0 Å². The third-order valence-electron chi connectivity index (χ3n) is 11.5. The zero-order valence-corrected chi connectivity index (χ0v) is 33.4. The van der Waals surface area contributed by atoms with Crippen LogP contribution in [0.1, 0.15) is 78.7 Å². The molecule has 0 radical (unpaired) electrons. The van der Waals surface area contributed by atoms with E-state index < -0.39 is 48.2 Å². The number of nitrogens with one attached hydrogen (secondary N) is 5. The Bertz CT molecular complexity index is 2170. The lowest BCUT2D eigenvalue weighted by Crippen LogP contribution is -2.48. The Morgan fingerprint density at radius 3 is 2.15 bits per heavy atom. The smallest absolute Gasteiger partial charge is 0.404 e. The summed E-state index contributed by atoms with van der Waals surface area (Å²) in [5.41, 5.74) is 4.39. The van der Waals surface area contributed by atoms with E-state index in [4.69, 9.17) is 10.2 Å². The van der Waals surface area contributed by atoms with Crippen molar-refractivity contribution >= 4 is 29.5 Å². The molecule has 1 aromatic heterocycles. The molecule has 6 rings (SSSR count). The standard InChI is InChI=1S/C43H49F4N7O7/c1-24-20-30(38(58)49-32-15-17-33(56)18-16-32)12-19-34(24)27-6-2-25(3-7-27)21-35(51-37(57)29-8-4-26(5-9-29)22-48-41(60)61)39(59)50-31-13-10-28(11-14-31)36-52-40(54-53-36)43(46,47)42(44,45)23-55/h2-3,6-7,10-14,19-20,26,29,32-33,35,48,55-56H,4-5,8-9,15-18,21-23H2,1H3,(H,49,58)(H,50,59)(H,51,57)(H,60,61)(H,52,53,54)/t26?,29?,32-,33-,35-/m0/s1. The maximum absolute atomic E-state index is 14.2. The van der Waals surface area contributed by atoms with Crippen LogP contribution in [0.3, 0.4) is 0 Å². The normalized spacial score (nSPS) is 20.0. The second-order valence-corrected chi connectivity index (χ2v) is 15.9. The molecule has 1 atom stereocenters. The first-order valence-electron chi connectivity index (χ1n) is 20.2. The molecule has 0 unspecified atom stereocenters.